The van der Waals surface area contributed by atoms with Gasteiger partial charge in [-0.1, -0.05) is 18.2 Å². The van der Waals surface area contributed by atoms with Gasteiger partial charge >= 0.3 is 5.97 Å². The number of nitrogens with zero attached hydrogens (tertiary/aromatic N) is 1. The topological polar surface area (TPSA) is 251 Å². The summed E-state index contributed by atoms with van der Waals surface area (Å²) in [6.45, 7) is 0.884. The van der Waals surface area contributed by atoms with Gasteiger partial charge in [-0.3, -0.25) is 19.4 Å². The van der Waals surface area contributed by atoms with Gasteiger partial charge in [0, 0.05) is 30.1 Å². The Labute approximate surface area is 213 Å². The fourth-order valence-electron chi connectivity index (χ4n) is 3.52. The van der Waals surface area contributed by atoms with E-state index in [1.54, 1.807) is 6.20 Å². The number of carbonyl (C=O) groups excluding carboxylic acids is 3. The molecule has 12 N–H and O–H groups in total. The second-order valence-electron chi connectivity index (χ2n) is 8.49. The van der Waals surface area contributed by atoms with E-state index in [2.05, 4.69) is 25.9 Å². The molecule has 0 saturated heterocycles. The number of aromatic amines is 1. The van der Waals surface area contributed by atoms with Gasteiger partial charge in [0.05, 0.1) is 12.6 Å². The number of guanidine groups is 1. The zero-order chi connectivity index (χ0) is 27.5. The van der Waals surface area contributed by atoms with Gasteiger partial charge in [-0.2, -0.15) is 0 Å². The molecular weight excluding hydrogens is 484 g/mol. The van der Waals surface area contributed by atoms with Gasteiger partial charge in [0.25, 0.3) is 0 Å². The van der Waals surface area contributed by atoms with E-state index in [4.69, 9.17) is 17.2 Å². The van der Waals surface area contributed by atoms with Crippen LogP contribution in [-0.4, -0.2) is 82.2 Å². The first-order valence-corrected chi connectivity index (χ1v) is 11.6. The number of para-hydroxylation sites is 1. The van der Waals surface area contributed by atoms with Crippen molar-refractivity contribution >= 4 is 40.6 Å². The Morgan fingerprint density at radius 2 is 1.70 bits per heavy atom. The molecule has 0 radical (unpaired) electrons. The molecule has 202 valence electrons. The Balaban J connectivity index is 1.92. The first-order chi connectivity index (χ1) is 17.5. The first-order valence-electron chi connectivity index (χ1n) is 11.6. The highest BCUT2D eigenvalue weighted by Gasteiger charge is 2.29. The molecule has 37 heavy (non-hydrogen) atoms. The molecule has 0 aliphatic rings. The maximum atomic E-state index is 12.7. The lowest BCUT2D eigenvalue weighted by atomic mass is 10.0. The van der Waals surface area contributed by atoms with E-state index >= 15 is 0 Å². The quantitative estimate of drug-likeness (QED) is 0.0735. The minimum absolute atomic E-state index is 0.0231. The number of aliphatic hydroxyl groups excluding tert-OH is 1. The second-order valence-corrected chi connectivity index (χ2v) is 8.49. The monoisotopic (exact) mass is 518 g/mol. The highest BCUT2D eigenvalue weighted by Crippen LogP contribution is 2.19. The summed E-state index contributed by atoms with van der Waals surface area (Å²) in [5, 5.41) is 27.2. The van der Waals surface area contributed by atoms with Crippen molar-refractivity contribution in [3.8, 4) is 0 Å². The number of amides is 3. The number of H-pyrrole nitrogens is 1. The van der Waals surface area contributed by atoms with E-state index < -0.39 is 54.5 Å². The second kappa shape index (κ2) is 13.8. The molecule has 3 amide bonds. The van der Waals surface area contributed by atoms with Crippen LogP contribution < -0.4 is 33.2 Å². The largest absolute Gasteiger partial charge is 0.480 e. The SMILES string of the molecule is CC(NC(=O)C(N)CCCN=C(N)N)C(=O)NC(CO)C(=O)NC(Cc1c[nH]c2ccccc12)C(=O)O. The summed E-state index contributed by atoms with van der Waals surface area (Å²) in [6, 6.07) is 2.55. The normalized spacial score (nSPS) is 14.1. The number of hydrogen-bond donors (Lipinski definition) is 9. The summed E-state index contributed by atoms with van der Waals surface area (Å²) in [5.41, 5.74) is 17.8. The third-order valence-corrected chi connectivity index (χ3v) is 5.59. The van der Waals surface area contributed by atoms with Crippen LogP contribution in [0.2, 0.25) is 0 Å². The van der Waals surface area contributed by atoms with Crippen molar-refractivity contribution in [1.29, 1.82) is 0 Å². The predicted molar refractivity (Wildman–Crippen MR) is 136 cm³/mol. The van der Waals surface area contributed by atoms with E-state index in [0.29, 0.717) is 18.5 Å². The standard InChI is InChI=1S/C23H34N8O6/c1-12(29-20(34)15(24)6-4-8-27-23(25)26)19(33)31-18(11-32)21(35)30-17(22(36)37)9-13-10-28-16-7-3-2-5-14(13)16/h2-3,5,7,10,12,15,17-18,28,32H,4,6,8-9,11,24H2,1H3,(H,29,34)(H,30,35)(H,31,33)(H,36,37)(H4,25,26,27). The molecule has 0 aliphatic heterocycles. The van der Waals surface area contributed by atoms with Crippen LogP contribution in [0.15, 0.2) is 35.5 Å². The Bertz CT molecular complexity index is 1130. The minimum atomic E-state index is -1.44. The number of carboxylic acids is 1. The van der Waals surface area contributed by atoms with Crippen molar-refractivity contribution in [3.63, 3.8) is 0 Å². The highest BCUT2D eigenvalue weighted by molar-refractivity contribution is 5.94. The van der Waals surface area contributed by atoms with Crippen molar-refractivity contribution in [2.45, 2.75) is 50.4 Å². The smallest absolute Gasteiger partial charge is 0.326 e. The molecular formula is C23H34N8O6. The maximum absolute atomic E-state index is 12.7. The number of aromatic nitrogens is 1. The molecule has 2 aromatic rings. The van der Waals surface area contributed by atoms with Crippen LogP contribution in [0.1, 0.15) is 25.3 Å². The summed E-state index contributed by atoms with van der Waals surface area (Å²) in [7, 11) is 0. The summed E-state index contributed by atoms with van der Waals surface area (Å²) in [5.74, 6) is -3.60. The van der Waals surface area contributed by atoms with E-state index in [1.807, 2.05) is 24.3 Å². The number of hydrogen-bond acceptors (Lipinski definition) is 7. The average Bonchev–Trinajstić information content (AvgIpc) is 3.26. The highest BCUT2D eigenvalue weighted by atomic mass is 16.4. The lowest BCUT2D eigenvalue weighted by molar-refractivity contribution is -0.142. The van der Waals surface area contributed by atoms with Gasteiger partial charge in [0.1, 0.15) is 18.1 Å². The molecule has 1 aromatic carbocycles. The number of aliphatic hydroxyl groups is 1. The molecule has 0 aliphatic carbocycles. The van der Waals surface area contributed by atoms with Crippen LogP contribution >= 0.6 is 0 Å². The molecule has 4 unspecified atom stereocenters. The van der Waals surface area contributed by atoms with Gasteiger partial charge in [0.2, 0.25) is 17.7 Å². The van der Waals surface area contributed by atoms with Crippen molar-refractivity contribution in [2.24, 2.45) is 22.2 Å². The molecule has 0 bridgehead atoms. The Hall–Kier alpha value is -4.17. The number of benzene rings is 1. The van der Waals surface area contributed by atoms with Gasteiger partial charge in [-0.25, -0.2) is 4.79 Å². The number of nitrogens with two attached hydrogens (primary N) is 3. The summed E-state index contributed by atoms with van der Waals surface area (Å²) in [4.78, 5) is 56.0. The first kappa shape index (κ1) is 29.1. The van der Waals surface area contributed by atoms with Crippen LogP contribution in [0.3, 0.4) is 0 Å². The number of aliphatic imine (C=N–C) groups is 1. The Kier molecular flexibility index (Phi) is 10.8. The zero-order valence-electron chi connectivity index (χ0n) is 20.4. The fraction of sp³-hybridized carbons (Fsp3) is 0.435. The minimum Gasteiger partial charge on any atom is -0.480 e. The number of carbonyl (C=O) groups is 4. The van der Waals surface area contributed by atoms with Gasteiger partial charge < -0.3 is 48.3 Å². The summed E-state index contributed by atoms with van der Waals surface area (Å²) in [6.07, 6.45) is 2.35. The van der Waals surface area contributed by atoms with Crippen molar-refractivity contribution in [1.82, 2.24) is 20.9 Å². The van der Waals surface area contributed by atoms with E-state index in [9.17, 15) is 29.4 Å². The van der Waals surface area contributed by atoms with Crippen LogP contribution in [0.5, 0.6) is 0 Å². The zero-order valence-corrected chi connectivity index (χ0v) is 20.4. The third kappa shape index (κ3) is 8.77. The molecule has 0 fully saturated rings. The fourth-order valence-corrected chi connectivity index (χ4v) is 3.52. The van der Waals surface area contributed by atoms with E-state index in [1.165, 1.54) is 6.92 Å². The number of aliphatic carboxylic acids is 1. The van der Waals surface area contributed by atoms with Crippen molar-refractivity contribution in [2.75, 3.05) is 13.2 Å². The van der Waals surface area contributed by atoms with Gasteiger partial charge in [-0.15, -0.1) is 0 Å². The molecule has 14 nitrogen and oxygen atoms in total. The van der Waals surface area contributed by atoms with Crippen LogP contribution in [0.25, 0.3) is 10.9 Å². The lowest BCUT2D eigenvalue weighted by Gasteiger charge is -2.22. The van der Waals surface area contributed by atoms with Gasteiger partial charge in [-0.05, 0) is 31.4 Å². The predicted octanol–water partition coefficient (Wildman–Crippen LogP) is -2.36. The van der Waals surface area contributed by atoms with Crippen molar-refractivity contribution in [3.05, 3.63) is 36.0 Å². The molecule has 1 aromatic heterocycles. The average molecular weight is 519 g/mol. The molecule has 14 heteroatoms. The number of fused-ring (bicyclic) bond motifs is 1. The van der Waals surface area contributed by atoms with Crippen LogP contribution in [0.4, 0.5) is 0 Å². The summed E-state index contributed by atoms with van der Waals surface area (Å²) < 4.78 is 0. The molecule has 1 heterocycles. The maximum Gasteiger partial charge on any atom is 0.326 e. The lowest BCUT2D eigenvalue weighted by Crippen LogP contribution is -2.57. The van der Waals surface area contributed by atoms with Gasteiger partial charge in [0.15, 0.2) is 5.96 Å². The van der Waals surface area contributed by atoms with E-state index in [-0.39, 0.29) is 18.8 Å². The summed E-state index contributed by atoms with van der Waals surface area (Å²) >= 11 is 0. The van der Waals surface area contributed by atoms with Crippen LogP contribution in [-0.2, 0) is 25.6 Å². The third-order valence-electron chi connectivity index (χ3n) is 5.59. The Morgan fingerprint density at radius 3 is 2.35 bits per heavy atom. The number of carboxylic acid groups (broad SMARTS) is 1. The molecule has 4 atom stereocenters. The Morgan fingerprint density at radius 1 is 1.03 bits per heavy atom. The number of rotatable bonds is 14. The molecule has 2 rings (SSSR count). The van der Waals surface area contributed by atoms with Crippen molar-refractivity contribution < 1.29 is 29.4 Å². The van der Waals surface area contributed by atoms with Crippen LogP contribution in [0, 0.1) is 0 Å². The number of nitrogens with one attached hydrogen (secondary N) is 4. The molecule has 0 saturated carbocycles. The van der Waals surface area contributed by atoms with E-state index in [0.717, 1.165) is 10.9 Å². The molecule has 0 spiro atoms.